The molecule has 1 saturated carbocycles. The molecule has 0 heterocycles. The molecule has 2 N–H and O–H groups in total. The Morgan fingerprint density at radius 1 is 1.18 bits per heavy atom. The molecule has 2 amide bonds. The Bertz CT molecular complexity index is 1060. The highest BCUT2D eigenvalue weighted by molar-refractivity contribution is 7.90. The maximum Gasteiger partial charge on any atom is 0.573 e. The standard InChI is InChI=1S/C22H28F3N3O5S/c1-21(2,13-34(3,31)32)20(30)28-17-8-6-15(7-9-17)19(29)27-12-16-5-4-14(11-26)10-18(16)33-22(23,24)25/h4-5,10,15,17H,6-9,12-13H2,1-3H3,(H,27,29)(H,28,30)/t15-,17+. The number of alkyl halides is 3. The van der Waals surface area contributed by atoms with E-state index in [4.69, 9.17) is 5.26 Å². The van der Waals surface area contributed by atoms with Gasteiger partial charge in [-0.15, -0.1) is 13.2 Å². The quantitative estimate of drug-likeness (QED) is 0.562. The van der Waals surface area contributed by atoms with Gasteiger partial charge < -0.3 is 15.4 Å². The van der Waals surface area contributed by atoms with Crippen molar-refractivity contribution < 1.29 is 35.9 Å². The zero-order valence-corrected chi connectivity index (χ0v) is 20.0. The molecular weight excluding hydrogens is 475 g/mol. The minimum atomic E-state index is -4.94. The Balaban J connectivity index is 1.90. The van der Waals surface area contributed by atoms with Crippen molar-refractivity contribution in [2.24, 2.45) is 11.3 Å². The van der Waals surface area contributed by atoms with Crippen molar-refractivity contribution in [1.29, 1.82) is 5.26 Å². The third-order valence-corrected chi connectivity index (χ3v) is 6.79. The van der Waals surface area contributed by atoms with Crippen molar-refractivity contribution in [3.8, 4) is 11.8 Å². The van der Waals surface area contributed by atoms with Gasteiger partial charge in [-0.05, 0) is 37.8 Å². The number of ether oxygens (including phenoxy) is 1. The minimum Gasteiger partial charge on any atom is -0.405 e. The third kappa shape index (κ3) is 8.52. The van der Waals surface area contributed by atoms with Gasteiger partial charge in [-0.2, -0.15) is 5.26 Å². The minimum absolute atomic E-state index is 0.00518. The zero-order valence-electron chi connectivity index (χ0n) is 19.2. The molecule has 1 fully saturated rings. The van der Waals surface area contributed by atoms with Crippen LogP contribution in [0.3, 0.4) is 0 Å². The number of nitrogens with one attached hydrogen (secondary N) is 2. The fraction of sp³-hybridized carbons (Fsp3) is 0.591. The average molecular weight is 504 g/mol. The molecule has 0 aliphatic heterocycles. The molecule has 0 unspecified atom stereocenters. The summed E-state index contributed by atoms with van der Waals surface area (Å²) in [6.07, 6.45) is -1.92. The van der Waals surface area contributed by atoms with E-state index in [1.807, 2.05) is 0 Å². The molecule has 0 saturated heterocycles. The molecule has 34 heavy (non-hydrogen) atoms. The first-order chi connectivity index (χ1) is 15.6. The van der Waals surface area contributed by atoms with Crippen LogP contribution in [0.5, 0.6) is 5.75 Å². The lowest BCUT2D eigenvalue weighted by Crippen LogP contribution is -2.47. The first-order valence-corrected chi connectivity index (χ1v) is 12.7. The predicted octanol–water partition coefficient (Wildman–Crippen LogP) is 2.82. The van der Waals surface area contributed by atoms with E-state index in [0.717, 1.165) is 12.3 Å². The fourth-order valence-electron chi connectivity index (χ4n) is 3.92. The van der Waals surface area contributed by atoms with E-state index in [-0.39, 0.29) is 47.2 Å². The molecule has 1 aromatic carbocycles. The van der Waals surface area contributed by atoms with Gasteiger partial charge in [-0.25, -0.2) is 8.42 Å². The molecule has 1 aliphatic rings. The molecule has 0 radical (unpaired) electrons. The van der Waals surface area contributed by atoms with Gasteiger partial charge in [0.15, 0.2) is 0 Å². The Morgan fingerprint density at radius 2 is 1.79 bits per heavy atom. The maximum absolute atomic E-state index is 12.7. The Morgan fingerprint density at radius 3 is 2.32 bits per heavy atom. The number of benzene rings is 1. The highest BCUT2D eigenvalue weighted by Crippen LogP contribution is 2.29. The van der Waals surface area contributed by atoms with Gasteiger partial charge in [-0.1, -0.05) is 19.9 Å². The molecule has 0 aromatic heterocycles. The van der Waals surface area contributed by atoms with Crippen LogP contribution in [0.2, 0.25) is 0 Å². The number of carbonyl (C=O) groups excluding carboxylic acids is 2. The number of sulfone groups is 1. The molecule has 2 rings (SSSR count). The Labute approximate surface area is 196 Å². The van der Waals surface area contributed by atoms with Crippen LogP contribution in [0.4, 0.5) is 13.2 Å². The van der Waals surface area contributed by atoms with Crippen LogP contribution >= 0.6 is 0 Å². The largest absolute Gasteiger partial charge is 0.573 e. The molecule has 12 heteroatoms. The average Bonchev–Trinajstić information content (AvgIpc) is 2.70. The normalized spacial score (nSPS) is 19.1. The van der Waals surface area contributed by atoms with Crippen LogP contribution < -0.4 is 15.4 Å². The van der Waals surface area contributed by atoms with Crippen molar-refractivity contribution in [2.45, 2.75) is 58.5 Å². The van der Waals surface area contributed by atoms with E-state index in [0.29, 0.717) is 25.7 Å². The van der Waals surface area contributed by atoms with Crippen LogP contribution in [0.15, 0.2) is 18.2 Å². The van der Waals surface area contributed by atoms with Gasteiger partial charge in [0.05, 0.1) is 22.8 Å². The maximum atomic E-state index is 12.7. The van der Waals surface area contributed by atoms with Crippen molar-refractivity contribution >= 4 is 21.7 Å². The van der Waals surface area contributed by atoms with E-state index >= 15 is 0 Å². The number of nitrogens with zero attached hydrogens (tertiary/aromatic N) is 1. The smallest absolute Gasteiger partial charge is 0.405 e. The predicted molar refractivity (Wildman–Crippen MR) is 117 cm³/mol. The molecule has 188 valence electrons. The second kappa shape index (κ2) is 10.6. The number of hydrogen-bond acceptors (Lipinski definition) is 6. The summed E-state index contributed by atoms with van der Waals surface area (Å²) in [7, 11) is -3.34. The van der Waals surface area contributed by atoms with Crippen molar-refractivity contribution in [2.75, 3.05) is 12.0 Å². The van der Waals surface area contributed by atoms with Crippen LogP contribution in [0.1, 0.15) is 50.7 Å². The van der Waals surface area contributed by atoms with Gasteiger partial charge in [0.1, 0.15) is 15.6 Å². The van der Waals surface area contributed by atoms with Crippen molar-refractivity contribution in [3.63, 3.8) is 0 Å². The molecule has 1 aromatic rings. The van der Waals surface area contributed by atoms with Gasteiger partial charge in [0.25, 0.3) is 0 Å². The summed E-state index contributed by atoms with van der Waals surface area (Å²) < 4.78 is 65.1. The summed E-state index contributed by atoms with van der Waals surface area (Å²) in [5, 5.41) is 14.4. The second-order valence-electron chi connectivity index (χ2n) is 9.18. The Hall–Kier alpha value is -2.81. The summed E-state index contributed by atoms with van der Waals surface area (Å²) in [6, 6.07) is 5.15. The van der Waals surface area contributed by atoms with E-state index in [2.05, 4.69) is 15.4 Å². The monoisotopic (exact) mass is 503 g/mol. The SMILES string of the molecule is CC(C)(CS(C)(=O)=O)C(=O)N[C@H]1CC[C@@H](C(=O)NCc2ccc(C#N)cc2OC(F)(F)F)CC1. The van der Waals surface area contributed by atoms with E-state index in [1.165, 1.54) is 12.1 Å². The van der Waals surface area contributed by atoms with Crippen molar-refractivity contribution in [1.82, 2.24) is 10.6 Å². The lowest BCUT2D eigenvalue weighted by molar-refractivity contribution is -0.274. The highest BCUT2D eigenvalue weighted by atomic mass is 32.2. The van der Waals surface area contributed by atoms with Gasteiger partial charge in [0.2, 0.25) is 11.8 Å². The lowest BCUT2D eigenvalue weighted by Gasteiger charge is -2.31. The summed E-state index contributed by atoms with van der Waals surface area (Å²) in [5.41, 5.74) is -1.01. The van der Waals surface area contributed by atoms with E-state index < -0.39 is 27.4 Å². The Kier molecular flexibility index (Phi) is 8.58. The zero-order chi connectivity index (χ0) is 25.7. The van der Waals surface area contributed by atoms with Crippen molar-refractivity contribution in [3.05, 3.63) is 29.3 Å². The van der Waals surface area contributed by atoms with Gasteiger partial charge in [0, 0.05) is 30.3 Å². The molecular formula is C22H28F3N3O5S. The molecule has 0 atom stereocenters. The molecule has 8 nitrogen and oxygen atoms in total. The highest BCUT2D eigenvalue weighted by Gasteiger charge is 2.35. The first kappa shape index (κ1) is 27.4. The number of halogens is 3. The molecule has 0 bridgehead atoms. The number of amides is 2. The second-order valence-corrected chi connectivity index (χ2v) is 11.3. The van der Waals surface area contributed by atoms with Gasteiger partial charge >= 0.3 is 6.36 Å². The number of nitriles is 1. The van der Waals surface area contributed by atoms with Crippen LogP contribution in [-0.4, -0.2) is 44.6 Å². The van der Waals surface area contributed by atoms with Crippen LogP contribution in [0, 0.1) is 22.7 Å². The van der Waals surface area contributed by atoms with E-state index in [9.17, 15) is 31.2 Å². The third-order valence-electron chi connectivity index (χ3n) is 5.55. The lowest BCUT2D eigenvalue weighted by atomic mass is 9.84. The van der Waals surface area contributed by atoms with Crippen LogP contribution in [0.25, 0.3) is 0 Å². The number of carbonyl (C=O) groups is 2. The number of rotatable bonds is 8. The fourth-order valence-corrected chi connectivity index (χ4v) is 5.36. The van der Waals surface area contributed by atoms with Crippen LogP contribution in [-0.2, 0) is 26.0 Å². The topological polar surface area (TPSA) is 125 Å². The summed E-state index contributed by atoms with van der Waals surface area (Å²) >= 11 is 0. The molecule has 0 spiro atoms. The summed E-state index contributed by atoms with van der Waals surface area (Å²) in [6.45, 7) is 2.91. The summed E-state index contributed by atoms with van der Waals surface area (Å²) in [4.78, 5) is 25.1. The van der Waals surface area contributed by atoms with E-state index in [1.54, 1.807) is 19.9 Å². The first-order valence-electron chi connectivity index (χ1n) is 10.6. The number of hydrogen-bond donors (Lipinski definition) is 2. The van der Waals surface area contributed by atoms with Gasteiger partial charge in [-0.3, -0.25) is 9.59 Å². The summed E-state index contributed by atoms with van der Waals surface area (Å²) in [5.74, 6) is -1.90. The molecule has 1 aliphatic carbocycles.